The van der Waals surface area contributed by atoms with Crippen molar-refractivity contribution in [3.63, 3.8) is 0 Å². The summed E-state index contributed by atoms with van der Waals surface area (Å²) in [5.74, 6) is -1.72. The van der Waals surface area contributed by atoms with Gasteiger partial charge in [0.2, 0.25) is 5.91 Å². The number of aliphatic carboxylic acids is 1. The van der Waals surface area contributed by atoms with E-state index in [1.165, 1.54) is 0 Å². The largest absolute Gasteiger partial charge is 0.481 e. The summed E-state index contributed by atoms with van der Waals surface area (Å²) in [4.78, 5) is 22.0. The van der Waals surface area contributed by atoms with Crippen molar-refractivity contribution >= 4 is 11.9 Å². The van der Waals surface area contributed by atoms with Gasteiger partial charge in [0.05, 0.1) is 17.9 Å². The summed E-state index contributed by atoms with van der Waals surface area (Å²) < 4.78 is 0. The minimum atomic E-state index is -0.914. The number of rotatable bonds is 6. The second-order valence-corrected chi connectivity index (χ2v) is 4.82. The molecule has 92 valence electrons. The van der Waals surface area contributed by atoms with Gasteiger partial charge in [0.15, 0.2) is 0 Å². The van der Waals surface area contributed by atoms with Crippen molar-refractivity contribution in [1.82, 2.24) is 5.32 Å². The van der Waals surface area contributed by atoms with Crippen LogP contribution in [0, 0.1) is 17.8 Å². The second kappa shape index (κ2) is 5.30. The van der Waals surface area contributed by atoms with E-state index in [0.717, 1.165) is 0 Å². The first kappa shape index (κ1) is 13.0. The summed E-state index contributed by atoms with van der Waals surface area (Å²) in [6.45, 7) is 4.19. The predicted molar refractivity (Wildman–Crippen MR) is 57.7 cm³/mol. The maximum atomic E-state index is 11.4. The fourth-order valence-electron chi connectivity index (χ4n) is 1.73. The summed E-state index contributed by atoms with van der Waals surface area (Å²) >= 11 is 0. The van der Waals surface area contributed by atoms with Crippen molar-refractivity contribution in [2.24, 2.45) is 17.8 Å². The van der Waals surface area contributed by atoms with E-state index in [1.807, 2.05) is 13.8 Å². The van der Waals surface area contributed by atoms with E-state index >= 15 is 0 Å². The van der Waals surface area contributed by atoms with Crippen LogP contribution in [-0.4, -0.2) is 34.7 Å². The van der Waals surface area contributed by atoms with E-state index in [1.54, 1.807) is 0 Å². The van der Waals surface area contributed by atoms with Gasteiger partial charge in [-0.1, -0.05) is 13.8 Å². The van der Waals surface area contributed by atoms with Gasteiger partial charge in [-0.15, -0.1) is 0 Å². The minimum absolute atomic E-state index is 0.208. The molecule has 1 aliphatic carbocycles. The Morgan fingerprint density at radius 3 is 2.44 bits per heavy atom. The number of amides is 1. The molecule has 3 N–H and O–H groups in total. The molecule has 0 saturated heterocycles. The van der Waals surface area contributed by atoms with Crippen LogP contribution < -0.4 is 5.32 Å². The van der Waals surface area contributed by atoms with E-state index in [2.05, 4.69) is 5.32 Å². The quantitative estimate of drug-likeness (QED) is 0.608. The van der Waals surface area contributed by atoms with Crippen LogP contribution >= 0.6 is 0 Å². The highest BCUT2D eigenvalue weighted by Crippen LogP contribution is 2.38. The molecular formula is C11H19NO4. The molecule has 16 heavy (non-hydrogen) atoms. The lowest BCUT2D eigenvalue weighted by molar-refractivity contribution is -0.140. The predicted octanol–water partition coefficient (Wildman–Crippen LogP) is 0.230. The number of hydrogen-bond acceptors (Lipinski definition) is 3. The Labute approximate surface area is 94.8 Å². The van der Waals surface area contributed by atoms with Crippen molar-refractivity contribution in [3.05, 3.63) is 0 Å². The molecule has 0 spiro atoms. The third kappa shape index (κ3) is 3.81. The zero-order valence-electron chi connectivity index (χ0n) is 9.64. The number of nitrogens with one attached hydrogen (secondary N) is 1. The van der Waals surface area contributed by atoms with E-state index in [4.69, 9.17) is 5.11 Å². The average molecular weight is 229 g/mol. The summed E-state index contributed by atoms with van der Waals surface area (Å²) in [5.41, 5.74) is 0. The highest BCUT2D eigenvalue weighted by Gasteiger charge is 2.48. The maximum Gasteiger partial charge on any atom is 0.307 e. The molecule has 0 radical (unpaired) electrons. The van der Waals surface area contributed by atoms with E-state index < -0.39 is 23.9 Å². The highest BCUT2D eigenvalue weighted by molar-refractivity contribution is 5.89. The van der Waals surface area contributed by atoms with Crippen LogP contribution in [0.5, 0.6) is 0 Å². The zero-order valence-corrected chi connectivity index (χ0v) is 9.64. The summed E-state index contributed by atoms with van der Waals surface area (Å²) in [5, 5.41) is 20.7. The lowest BCUT2D eigenvalue weighted by Gasteiger charge is -2.13. The Kier molecular flexibility index (Phi) is 4.29. The molecule has 1 saturated carbocycles. The molecule has 1 aliphatic rings. The number of carbonyl (C=O) groups is 2. The Morgan fingerprint density at radius 1 is 1.38 bits per heavy atom. The molecule has 0 aliphatic heterocycles. The normalized spacial score (nSPS) is 25.2. The Morgan fingerprint density at radius 2 is 2.00 bits per heavy atom. The molecule has 3 unspecified atom stereocenters. The van der Waals surface area contributed by atoms with Gasteiger partial charge in [-0.3, -0.25) is 9.59 Å². The second-order valence-electron chi connectivity index (χ2n) is 4.82. The first-order valence-corrected chi connectivity index (χ1v) is 5.60. The number of hydrogen-bond donors (Lipinski definition) is 3. The average Bonchev–Trinajstić information content (AvgIpc) is 2.92. The molecule has 0 aromatic carbocycles. The van der Waals surface area contributed by atoms with Gasteiger partial charge in [-0.2, -0.15) is 0 Å². The van der Waals surface area contributed by atoms with Crippen molar-refractivity contribution < 1.29 is 19.8 Å². The Hall–Kier alpha value is -1.10. The Balaban J connectivity index is 2.19. The molecule has 0 aromatic rings. The van der Waals surface area contributed by atoms with Crippen LogP contribution in [0.3, 0.4) is 0 Å². The molecular weight excluding hydrogens is 210 g/mol. The topological polar surface area (TPSA) is 86.6 Å². The molecule has 5 nitrogen and oxygen atoms in total. The molecule has 1 rings (SSSR count). The lowest BCUT2D eigenvalue weighted by atomic mass is 10.1. The highest BCUT2D eigenvalue weighted by atomic mass is 16.4. The maximum absolute atomic E-state index is 11.4. The van der Waals surface area contributed by atoms with Gasteiger partial charge < -0.3 is 15.5 Å². The molecule has 0 aromatic heterocycles. The van der Waals surface area contributed by atoms with Crippen LogP contribution in [0.15, 0.2) is 0 Å². The standard InChI is InChI=1S/C11H19NO4/c1-6(2)3-7(13)5-12-10(14)8-4-9(8)11(15)16/h6-9,13H,3-5H2,1-2H3,(H,12,14)(H,15,16). The minimum Gasteiger partial charge on any atom is -0.481 e. The monoisotopic (exact) mass is 229 g/mol. The molecule has 3 atom stereocenters. The number of aliphatic hydroxyl groups excluding tert-OH is 1. The fourth-order valence-corrected chi connectivity index (χ4v) is 1.73. The van der Waals surface area contributed by atoms with Gasteiger partial charge >= 0.3 is 5.97 Å². The van der Waals surface area contributed by atoms with E-state index in [9.17, 15) is 14.7 Å². The van der Waals surface area contributed by atoms with Gasteiger partial charge in [-0.05, 0) is 18.8 Å². The van der Waals surface area contributed by atoms with Crippen molar-refractivity contribution in [2.75, 3.05) is 6.54 Å². The zero-order chi connectivity index (χ0) is 12.3. The molecule has 0 bridgehead atoms. The van der Waals surface area contributed by atoms with Crippen LogP contribution in [0.25, 0.3) is 0 Å². The molecule has 1 fully saturated rings. The number of aliphatic hydroxyl groups is 1. The van der Waals surface area contributed by atoms with E-state index in [0.29, 0.717) is 18.8 Å². The first-order chi connectivity index (χ1) is 7.41. The van der Waals surface area contributed by atoms with Gasteiger partial charge in [-0.25, -0.2) is 0 Å². The van der Waals surface area contributed by atoms with Crippen molar-refractivity contribution in [1.29, 1.82) is 0 Å². The van der Waals surface area contributed by atoms with Crippen LogP contribution in [0.1, 0.15) is 26.7 Å². The van der Waals surface area contributed by atoms with Crippen molar-refractivity contribution in [3.8, 4) is 0 Å². The summed E-state index contributed by atoms with van der Waals surface area (Å²) in [6, 6.07) is 0. The van der Waals surface area contributed by atoms with Crippen LogP contribution in [-0.2, 0) is 9.59 Å². The third-order valence-electron chi connectivity index (χ3n) is 2.70. The lowest BCUT2D eigenvalue weighted by Crippen LogP contribution is -2.34. The smallest absolute Gasteiger partial charge is 0.307 e. The summed E-state index contributed by atoms with van der Waals surface area (Å²) in [7, 11) is 0. The Bertz CT molecular complexity index is 277. The molecule has 0 heterocycles. The fraction of sp³-hybridized carbons (Fsp3) is 0.818. The van der Waals surface area contributed by atoms with E-state index in [-0.39, 0.29) is 12.5 Å². The number of carboxylic acid groups (broad SMARTS) is 1. The molecule has 5 heteroatoms. The first-order valence-electron chi connectivity index (χ1n) is 5.60. The van der Waals surface area contributed by atoms with Gasteiger partial charge in [0.1, 0.15) is 0 Å². The molecule has 1 amide bonds. The van der Waals surface area contributed by atoms with Gasteiger partial charge in [0, 0.05) is 6.54 Å². The number of carboxylic acids is 1. The number of carbonyl (C=O) groups excluding carboxylic acids is 1. The SMILES string of the molecule is CC(C)CC(O)CNC(=O)C1CC1C(=O)O. The van der Waals surface area contributed by atoms with Crippen LogP contribution in [0.4, 0.5) is 0 Å². The summed E-state index contributed by atoms with van der Waals surface area (Å²) in [6.07, 6.45) is 0.500. The van der Waals surface area contributed by atoms with Gasteiger partial charge in [0.25, 0.3) is 0 Å². The third-order valence-corrected chi connectivity index (χ3v) is 2.70. The van der Waals surface area contributed by atoms with Crippen LogP contribution in [0.2, 0.25) is 0 Å². The van der Waals surface area contributed by atoms with Crippen molar-refractivity contribution in [2.45, 2.75) is 32.8 Å².